The van der Waals surface area contributed by atoms with E-state index in [-0.39, 0.29) is 5.41 Å². The van der Waals surface area contributed by atoms with Gasteiger partial charge in [-0.3, -0.25) is 0 Å². The van der Waals surface area contributed by atoms with Crippen molar-refractivity contribution in [1.29, 1.82) is 0 Å². The van der Waals surface area contributed by atoms with Gasteiger partial charge >= 0.3 is 0 Å². The van der Waals surface area contributed by atoms with Crippen molar-refractivity contribution in [3.8, 4) is 0 Å². The first-order chi connectivity index (χ1) is 7.17. The van der Waals surface area contributed by atoms with E-state index in [9.17, 15) is 5.11 Å². The molecule has 2 nitrogen and oxygen atoms in total. The molecule has 3 atom stereocenters. The van der Waals surface area contributed by atoms with Crippen molar-refractivity contribution < 1.29 is 5.11 Å². The lowest BCUT2D eigenvalue weighted by molar-refractivity contribution is 0.170. The summed E-state index contributed by atoms with van der Waals surface area (Å²) in [7, 11) is 0. The lowest BCUT2D eigenvalue weighted by atomic mass is 9.78. The summed E-state index contributed by atoms with van der Waals surface area (Å²) >= 11 is 0. The fraction of sp³-hybridized carbons (Fsp3) is 1.00. The number of hydrogen-bond donors (Lipinski definition) is 2. The molecule has 0 heterocycles. The van der Waals surface area contributed by atoms with Crippen LogP contribution < -0.4 is 5.32 Å². The van der Waals surface area contributed by atoms with Gasteiger partial charge in [-0.2, -0.15) is 0 Å². The number of nitrogens with one attached hydrogen (secondary N) is 1. The highest BCUT2D eigenvalue weighted by Crippen LogP contribution is 2.44. The summed E-state index contributed by atoms with van der Waals surface area (Å²) in [5.74, 6) is 1.66. The molecule has 2 aliphatic rings. The average Bonchev–Trinajstić information content (AvgIpc) is 3.01. The molecule has 0 radical (unpaired) electrons. The van der Waals surface area contributed by atoms with Crippen molar-refractivity contribution in [2.45, 2.75) is 52.0 Å². The van der Waals surface area contributed by atoms with Crippen molar-refractivity contribution in [3.05, 3.63) is 0 Å². The Morgan fingerprint density at radius 3 is 2.60 bits per heavy atom. The molecule has 0 amide bonds. The summed E-state index contributed by atoms with van der Waals surface area (Å²) in [6, 6.07) is 0.692. The van der Waals surface area contributed by atoms with Gasteiger partial charge in [0.1, 0.15) is 0 Å². The molecule has 2 aliphatic carbocycles. The van der Waals surface area contributed by atoms with Crippen LogP contribution in [-0.4, -0.2) is 24.3 Å². The number of rotatable bonds is 4. The fourth-order valence-corrected chi connectivity index (χ4v) is 2.79. The quantitative estimate of drug-likeness (QED) is 0.747. The second-order valence-electron chi connectivity index (χ2n) is 5.91. The van der Waals surface area contributed by atoms with Gasteiger partial charge in [0.2, 0.25) is 0 Å². The van der Waals surface area contributed by atoms with Gasteiger partial charge in [0.15, 0.2) is 0 Å². The Kier molecular flexibility index (Phi) is 3.36. The highest BCUT2D eigenvalue weighted by molar-refractivity contribution is 4.96. The van der Waals surface area contributed by atoms with Crippen LogP contribution in [-0.2, 0) is 0 Å². The van der Waals surface area contributed by atoms with E-state index in [1.165, 1.54) is 32.1 Å². The maximum atomic E-state index is 9.26. The standard InChI is InChI=1S/C13H25NO/c1-10-4-3-5-12(11(10)2)14-8-13(9-15)6-7-13/h10-12,14-15H,3-9H2,1-2H3. The Hall–Kier alpha value is -0.0800. The van der Waals surface area contributed by atoms with Gasteiger partial charge in [-0.15, -0.1) is 0 Å². The third-order valence-electron chi connectivity index (χ3n) is 4.74. The Bertz CT molecular complexity index is 213. The van der Waals surface area contributed by atoms with E-state index in [2.05, 4.69) is 19.2 Å². The third kappa shape index (κ3) is 2.54. The van der Waals surface area contributed by atoms with Gasteiger partial charge in [-0.1, -0.05) is 26.7 Å². The molecule has 88 valence electrons. The van der Waals surface area contributed by atoms with E-state index in [1.807, 2.05) is 0 Å². The van der Waals surface area contributed by atoms with Crippen molar-refractivity contribution in [2.24, 2.45) is 17.3 Å². The Balaban J connectivity index is 1.78. The van der Waals surface area contributed by atoms with Gasteiger partial charge in [0.25, 0.3) is 0 Å². The molecule has 0 aromatic carbocycles. The topological polar surface area (TPSA) is 32.3 Å². The number of aliphatic hydroxyl groups excluding tert-OH is 1. The van der Waals surface area contributed by atoms with Crippen LogP contribution in [0.1, 0.15) is 46.0 Å². The molecule has 2 saturated carbocycles. The van der Waals surface area contributed by atoms with Crippen molar-refractivity contribution in [3.63, 3.8) is 0 Å². The van der Waals surface area contributed by atoms with Crippen LogP contribution in [0.2, 0.25) is 0 Å². The van der Waals surface area contributed by atoms with E-state index >= 15 is 0 Å². The Morgan fingerprint density at radius 1 is 1.27 bits per heavy atom. The third-order valence-corrected chi connectivity index (χ3v) is 4.74. The summed E-state index contributed by atoms with van der Waals surface area (Å²) in [5.41, 5.74) is 0.264. The first-order valence-electron chi connectivity index (χ1n) is 6.51. The van der Waals surface area contributed by atoms with Crippen molar-refractivity contribution >= 4 is 0 Å². The van der Waals surface area contributed by atoms with Crippen LogP contribution in [0.25, 0.3) is 0 Å². The zero-order valence-corrected chi connectivity index (χ0v) is 10.1. The molecular formula is C13H25NO. The number of aliphatic hydroxyl groups is 1. The summed E-state index contributed by atoms with van der Waals surface area (Å²) in [5, 5.41) is 13.0. The molecule has 2 rings (SSSR count). The largest absolute Gasteiger partial charge is 0.396 e. The van der Waals surface area contributed by atoms with E-state index < -0.39 is 0 Å². The highest BCUT2D eigenvalue weighted by atomic mass is 16.3. The molecule has 0 aromatic heterocycles. The summed E-state index contributed by atoms with van der Waals surface area (Å²) in [4.78, 5) is 0. The molecule has 0 bridgehead atoms. The summed E-state index contributed by atoms with van der Waals surface area (Å²) < 4.78 is 0. The molecule has 0 aliphatic heterocycles. The van der Waals surface area contributed by atoms with Crippen LogP contribution in [0, 0.1) is 17.3 Å². The first kappa shape index (κ1) is 11.4. The lowest BCUT2D eigenvalue weighted by Gasteiger charge is -2.35. The average molecular weight is 211 g/mol. The molecule has 15 heavy (non-hydrogen) atoms. The summed E-state index contributed by atoms with van der Waals surface area (Å²) in [6.45, 7) is 6.15. The molecule has 2 fully saturated rings. The highest BCUT2D eigenvalue weighted by Gasteiger charge is 2.42. The molecule has 2 heteroatoms. The smallest absolute Gasteiger partial charge is 0.0499 e. The summed E-state index contributed by atoms with van der Waals surface area (Å²) in [6.07, 6.45) is 6.52. The molecule has 0 spiro atoms. The fourth-order valence-electron chi connectivity index (χ4n) is 2.79. The maximum Gasteiger partial charge on any atom is 0.0499 e. The van der Waals surface area contributed by atoms with Crippen LogP contribution in [0.4, 0.5) is 0 Å². The molecule has 0 saturated heterocycles. The van der Waals surface area contributed by atoms with Gasteiger partial charge in [-0.25, -0.2) is 0 Å². The van der Waals surface area contributed by atoms with Crippen LogP contribution in [0.5, 0.6) is 0 Å². The molecule has 3 unspecified atom stereocenters. The predicted octanol–water partition coefficient (Wildman–Crippen LogP) is 2.17. The van der Waals surface area contributed by atoms with E-state index in [1.54, 1.807) is 0 Å². The molecule has 0 aromatic rings. The molecular weight excluding hydrogens is 186 g/mol. The minimum atomic E-state index is 0.264. The maximum absolute atomic E-state index is 9.26. The van der Waals surface area contributed by atoms with Gasteiger partial charge in [0.05, 0.1) is 0 Å². The minimum absolute atomic E-state index is 0.264. The minimum Gasteiger partial charge on any atom is -0.396 e. The van der Waals surface area contributed by atoms with E-state index in [0.29, 0.717) is 12.6 Å². The van der Waals surface area contributed by atoms with Gasteiger partial charge in [-0.05, 0) is 31.1 Å². The van der Waals surface area contributed by atoms with Gasteiger partial charge in [0, 0.05) is 24.6 Å². The predicted molar refractivity (Wildman–Crippen MR) is 62.7 cm³/mol. The van der Waals surface area contributed by atoms with Crippen LogP contribution >= 0.6 is 0 Å². The monoisotopic (exact) mass is 211 g/mol. The Morgan fingerprint density at radius 2 is 2.00 bits per heavy atom. The zero-order valence-electron chi connectivity index (χ0n) is 10.1. The van der Waals surface area contributed by atoms with Crippen molar-refractivity contribution in [1.82, 2.24) is 5.32 Å². The van der Waals surface area contributed by atoms with Crippen LogP contribution in [0.3, 0.4) is 0 Å². The Labute approximate surface area is 93.5 Å². The van der Waals surface area contributed by atoms with Crippen molar-refractivity contribution in [2.75, 3.05) is 13.2 Å². The van der Waals surface area contributed by atoms with Crippen LogP contribution in [0.15, 0.2) is 0 Å². The normalized spacial score (nSPS) is 39.0. The van der Waals surface area contributed by atoms with Gasteiger partial charge < -0.3 is 10.4 Å². The zero-order chi connectivity index (χ0) is 10.9. The second-order valence-corrected chi connectivity index (χ2v) is 5.91. The van der Waals surface area contributed by atoms with E-state index in [4.69, 9.17) is 0 Å². The first-order valence-corrected chi connectivity index (χ1v) is 6.51. The second kappa shape index (κ2) is 4.42. The SMILES string of the molecule is CC1CCCC(NCC2(CO)CC2)C1C. The van der Waals surface area contributed by atoms with E-state index in [0.717, 1.165) is 18.4 Å². The lowest BCUT2D eigenvalue weighted by Crippen LogP contribution is -2.43. The number of hydrogen-bond acceptors (Lipinski definition) is 2. The molecule has 2 N–H and O–H groups in total.